The molecule has 18 rings (SSSR count). The molecule has 0 amide bonds. The molecule has 4 heteroatoms. The number of nitrogens with zero attached hydrogens (tertiary/aromatic N) is 2. The lowest BCUT2D eigenvalue weighted by atomic mass is 9.67. The number of fused-ring (bicyclic) bond motifs is 6. The second kappa shape index (κ2) is 28.7. The average Bonchev–Trinajstić information content (AvgIpc) is 1.54. The van der Waals surface area contributed by atoms with E-state index in [1.807, 2.05) is 12.2 Å². The number of anilines is 6. The fraction of sp³-hybridized carbons (Fsp3) is 0.0385. The third-order valence-electron chi connectivity index (χ3n) is 21.9. The lowest BCUT2D eigenvalue weighted by Crippen LogP contribution is -2.28. The first-order chi connectivity index (χ1) is 53.4. The fourth-order valence-corrected chi connectivity index (χ4v) is 16.6. The van der Waals surface area contributed by atoms with Crippen LogP contribution in [0.3, 0.4) is 0 Å². The molecular weight excluding hydrogens is 1310 g/mol. The number of ether oxygens (including phenoxy) is 2. The highest BCUT2D eigenvalue weighted by atomic mass is 16.5. The Balaban J connectivity index is 0.717. The summed E-state index contributed by atoms with van der Waals surface area (Å²) < 4.78 is 13.0. The third kappa shape index (κ3) is 12.1. The molecule has 0 radical (unpaired) electrons. The van der Waals surface area contributed by atoms with Crippen molar-refractivity contribution >= 4 is 46.3 Å². The Kier molecular flexibility index (Phi) is 17.6. The maximum Gasteiger partial charge on any atom is 0.119 e. The van der Waals surface area contributed by atoms with Crippen molar-refractivity contribution in [1.29, 1.82) is 0 Å². The van der Waals surface area contributed by atoms with Crippen LogP contribution >= 0.6 is 0 Å². The number of hydrogen-bond donors (Lipinski definition) is 0. The average molecular weight is 1390 g/mol. The summed E-state index contributed by atoms with van der Waals surface area (Å²) in [5.41, 5.74) is 30.7. The molecule has 0 aliphatic heterocycles. The molecular formula is C104H76N2O2. The van der Waals surface area contributed by atoms with Crippen LogP contribution in [0.2, 0.25) is 0 Å². The van der Waals surface area contributed by atoms with Gasteiger partial charge in [0.25, 0.3) is 0 Å². The van der Waals surface area contributed by atoms with Crippen LogP contribution in [0.15, 0.2) is 414 Å². The summed E-state index contributed by atoms with van der Waals surface area (Å²) in [5.74, 6) is 1.63. The Morgan fingerprint density at radius 2 is 0.500 bits per heavy atom. The standard InChI is InChI=1S/C104H76N2O2/c1-3-73-33-37-75(38-34-73)71-107-93-63-49-85(50-64-93)103(83-25-13-7-14-26-83)99-31-19-17-29-95(99)97-67-61-91(69-101(97)103)105(87-53-41-79(42-54-87)77-21-9-5-10-22-77)89-57-45-81(46-58-89)82-47-59-90(60-48-82)106(88-55-43-80(44-56-88)78-23-11-6-12-24-78)92-62-68-98-96-30-18-20-32-100(96)104(102(98)70-92,84-27-15-8-16-28-84)86-51-65-94(66-52-86)108-72-76-39-35-74(4-2)36-40-76/h3-70H,1-2,71-72H2. The SMILES string of the molecule is C=Cc1ccc(COc2ccc(C3(c4ccccc4)c4ccccc4-c4ccc(N(c5ccc(-c6ccccc6)cc5)c5ccc(-c6ccc(N(c7ccc(-c8ccccc8)cc7)c7ccc8c(c7)C(c7ccccc7)(c7ccc(OCc9ccc(C=C)cc9)cc7)c7ccccc7-8)cc6)cc5)cc43)cc2)cc1. The van der Waals surface area contributed by atoms with Crippen LogP contribution in [0.25, 0.3) is 67.8 Å². The topological polar surface area (TPSA) is 24.9 Å². The highest BCUT2D eigenvalue weighted by molar-refractivity contribution is 5.93. The molecule has 16 aromatic carbocycles. The maximum absolute atomic E-state index is 6.48. The zero-order valence-corrected chi connectivity index (χ0v) is 59.8. The summed E-state index contributed by atoms with van der Waals surface area (Å²) >= 11 is 0. The van der Waals surface area contributed by atoms with Crippen LogP contribution in [-0.4, -0.2) is 0 Å². The van der Waals surface area contributed by atoms with Crippen molar-refractivity contribution in [3.63, 3.8) is 0 Å². The van der Waals surface area contributed by atoms with E-state index in [-0.39, 0.29) is 0 Å². The van der Waals surface area contributed by atoms with Gasteiger partial charge in [0.2, 0.25) is 0 Å². The summed E-state index contributed by atoms with van der Waals surface area (Å²) in [4.78, 5) is 4.83. The van der Waals surface area contributed by atoms with Gasteiger partial charge in [0.05, 0.1) is 10.8 Å². The Bertz CT molecular complexity index is 5520. The molecule has 514 valence electrons. The summed E-state index contributed by atoms with van der Waals surface area (Å²) in [6.45, 7) is 8.79. The lowest BCUT2D eigenvalue weighted by Gasteiger charge is -2.35. The number of rotatable bonds is 21. The minimum atomic E-state index is -0.662. The van der Waals surface area contributed by atoms with Crippen LogP contribution in [-0.2, 0) is 24.0 Å². The van der Waals surface area contributed by atoms with Crippen LogP contribution in [0.1, 0.15) is 66.8 Å². The molecule has 0 heterocycles. The lowest BCUT2D eigenvalue weighted by molar-refractivity contribution is 0.306. The Labute approximate surface area is 633 Å². The molecule has 2 atom stereocenters. The van der Waals surface area contributed by atoms with E-state index in [0.29, 0.717) is 13.2 Å². The van der Waals surface area contributed by atoms with E-state index >= 15 is 0 Å². The van der Waals surface area contributed by atoms with Gasteiger partial charge in [0.1, 0.15) is 24.7 Å². The van der Waals surface area contributed by atoms with Gasteiger partial charge in [-0.2, -0.15) is 0 Å². The van der Waals surface area contributed by atoms with Crippen molar-refractivity contribution in [3.8, 4) is 67.1 Å². The third-order valence-corrected chi connectivity index (χ3v) is 21.9. The van der Waals surface area contributed by atoms with Crippen molar-refractivity contribution in [3.05, 3.63) is 480 Å². The first-order valence-corrected chi connectivity index (χ1v) is 37.0. The van der Waals surface area contributed by atoms with Gasteiger partial charge in [-0.15, -0.1) is 0 Å². The Hall–Kier alpha value is -13.8. The van der Waals surface area contributed by atoms with E-state index in [4.69, 9.17) is 9.47 Å². The monoisotopic (exact) mass is 1380 g/mol. The van der Waals surface area contributed by atoms with Crippen LogP contribution in [0, 0.1) is 0 Å². The van der Waals surface area contributed by atoms with Gasteiger partial charge in [-0.25, -0.2) is 0 Å². The van der Waals surface area contributed by atoms with E-state index in [2.05, 4.69) is 423 Å². The molecule has 2 unspecified atom stereocenters. The van der Waals surface area contributed by atoms with Gasteiger partial charge in [0.15, 0.2) is 0 Å². The molecule has 0 aromatic heterocycles. The fourth-order valence-electron chi connectivity index (χ4n) is 16.6. The highest BCUT2D eigenvalue weighted by Gasteiger charge is 2.48. The molecule has 4 nitrogen and oxygen atoms in total. The molecule has 0 N–H and O–H groups in total. The maximum atomic E-state index is 6.48. The molecule has 16 aromatic rings. The molecule has 108 heavy (non-hydrogen) atoms. The summed E-state index contributed by atoms with van der Waals surface area (Å²) in [5, 5.41) is 0. The van der Waals surface area contributed by atoms with Crippen LogP contribution in [0.4, 0.5) is 34.1 Å². The molecule has 0 saturated heterocycles. The largest absolute Gasteiger partial charge is 0.489 e. The molecule has 0 spiro atoms. The normalized spacial score (nSPS) is 14.3. The van der Waals surface area contributed by atoms with Crippen molar-refractivity contribution in [2.75, 3.05) is 9.80 Å². The minimum Gasteiger partial charge on any atom is -0.489 e. The summed E-state index contributed by atoms with van der Waals surface area (Å²) in [6.07, 6.45) is 3.73. The zero-order valence-electron chi connectivity index (χ0n) is 59.8. The Morgan fingerprint density at radius 3 is 0.824 bits per heavy atom. The van der Waals surface area contributed by atoms with Gasteiger partial charge < -0.3 is 19.3 Å². The van der Waals surface area contributed by atoms with Crippen molar-refractivity contribution < 1.29 is 9.47 Å². The quantitative estimate of drug-likeness (QED) is 0.0716. The number of hydrogen-bond acceptors (Lipinski definition) is 4. The van der Waals surface area contributed by atoms with Gasteiger partial charge in [-0.3, -0.25) is 0 Å². The second-order valence-electron chi connectivity index (χ2n) is 27.9. The van der Waals surface area contributed by atoms with E-state index in [9.17, 15) is 0 Å². The molecule has 2 aliphatic rings. The van der Waals surface area contributed by atoms with E-state index in [1.54, 1.807) is 0 Å². The zero-order chi connectivity index (χ0) is 72.4. The van der Waals surface area contributed by atoms with Crippen molar-refractivity contribution in [2.24, 2.45) is 0 Å². The van der Waals surface area contributed by atoms with Gasteiger partial charge in [-0.1, -0.05) is 329 Å². The summed E-state index contributed by atoms with van der Waals surface area (Å²) in [6, 6.07) is 146. The van der Waals surface area contributed by atoms with Gasteiger partial charge >= 0.3 is 0 Å². The minimum absolute atomic E-state index is 0.461. The van der Waals surface area contributed by atoms with Crippen molar-refractivity contribution in [2.45, 2.75) is 24.0 Å². The first-order valence-electron chi connectivity index (χ1n) is 37.0. The second-order valence-corrected chi connectivity index (χ2v) is 27.9. The molecule has 2 aliphatic carbocycles. The molecule has 0 fully saturated rings. The first kappa shape index (κ1) is 66.2. The van der Waals surface area contributed by atoms with E-state index < -0.39 is 10.8 Å². The van der Waals surface area contributed by atoms with Gasteiger partial charge in [0, 0.05) is 34.1 Å². The highest BCUT2D eigenvalue weighted by Crippen LogP contribution is 2.60. The van der Waals surface area contributed by atoms with E-state index in [0.717, 1.165) is 101 Å². The van der Waals surface area contributed by atoms with Crippen molar-refractivity contribution in [1.82, 2.24) is 0 Å². The Morgan fingerprint density at radius 1 is 0.231 bits per heavy atom. The predicted molar refractivity (Wildman–Crippen MR) is 448 cm³/mol. The molecule has 0 bridgehead atoms. The van der Waals surface area contributed by atoms with E-state index in [1.165, 1.54) is 66.8 Å². The van der Waals surface area contributed by atoms with Gasteiger partial charge in [-0.05, 0) is 219 Å². The van der Waals surface area contributed by atoms with Crippen LogP contribution < -0.4 is 19.3 Å². The van der Waals surface area contributed by atoms with Crippen LogP contribution in [0.5, 0.6) is 11.5 Å². The summed E-state index contributed by atoms with van der Waals surface area (Å²) in [7, 11) is 0. The molecule has 0 saturated carbocycles. The number of benzene rings is 16. The smallest absolute Gasteiger partial charge is 0.119 e. The predicted octanol–water partition coefficient (Wildman–Crippen LogP) is 26.8.